The van der Waals surface area contributed by atoms with Gasteiger partial charge in [0.15, 0.2) is 11.1 Å². The second-order valence-corrected chi connectivity index (χ2v) is 25.1. The Morgan fingerprint density at radius 2 is 0.766 bits per heavy atom. The minimum Gasteiger partial charge on any atom is -0.396 e. The van der Waals surface area contributed by atoms with Crippen molar-refractivity contribution >= 4 is 58.6 Å². The molecule has 0 aliphatic carbocycles. The van der Waals surface area contributed by atoms with E-state index in [1.54, 1.807) is 149 Å². The molecule has 9 rings (SSSR count). The number of nitrogens with one attached hydrogen (secondary N) is 10. The van der Waals surface area contributed by atoms with Gasteiger partial charge in [0.25, 0.3) is 22.7 Å². The lowest BCUT2D eigenvalue weighted by Crippen LogP contribution is -2.62. The first-order valence-electron chi connectivity index (χ1n) is 33.0. The molecule has 0 radical (unpaired) electrons. The van der Waals surface area contributed by atoms with Crippen LogP contribution in [-0.4, -0.2) is 169 Å². The number of likely N-dealkylation sites (N-methyl/N-ethyl adjacent to an activating group) is 2. The number of fused-ring (bicyclic) bond motifs is 2. The molecule has 12 N–H and O–H groups in total. The van der Waals surface area contributed by atoms with E-state index >= 15 is 0 Å². The van der Waals surface area contributed by atoms with Crippen molar-refractivity contribution in [2.24, 2.45) is 11.8 Å². The van der Waals surface area contributed by atoms with E-state index in [9.17, 15) is 58.2 Å². The van der Waals surface area contributed by atoms with Gasteiger partial charge >= 0.3 is 0 Å². The highest BCUT2D eigenvalue weighted by atomic mass is 16.3. The van der Waals surface area contributed by atoms with E-state index in [0.29, 0.717) is 99.3 Å². The molecule has 10 atom stereocenters. The fourth-order valence-corrected chi connectivity index (χ4v) is 13.8. The summed E-state index contributed by atoms with van der Waals surface area (Å²) in [5.74, 6) is -5.05. The molecule has 502 valence electrons. The molecule has 0 spiro atoms. The Morgan fingerprint density at radius 1 is 0.457 bits per heavy atom. The maximum absolute atomic E-state index is 15.0. The Hall–Kier alpha value is -8.84. The van der Waals surface area contributed by atoms with Crippen molar-refractivity contribution in [1.29, 1.82) is 0 Å². The lowest BCUT2D eigenvalue weighted by Gasteiger charge is -2.37. The topological polar surface area (TPSA) is 338 Å². The summed E-state index contributed by atoms with van der Waals surface area (Å²) < 4.78 is 0. The lowest BCUT2D eigenvalue weighted by molar-refractivity contribution is -0.145. The summed E-state index contributed by atoms with van der Waals surface area (Å²) in [7, 11) is 3.25. The molecular weight excluding hydrogens is 1200 g/mol. The molecule has 8 amide bonds. The van der Waals surface area contributed by atoms with Crippen molar-refractivity contribution in [1.82, 2.24) is 52.3 Å². The Kier molecular flexibility index (Phi) is 23.6. The van der Waals surface area contributed by atoms with E-state index in [2.05, 4.69) is 53.2 Å². The number of nitrogens with zero attached hydrogens (tertiary/aromatic N) is 2. The third-order valence-corrected chi connectivity index (χ3v) is 19.5. The molecule has 0 saturated carbocycles. The SMILES string of the molecule is CN[C@@H](C)C(=O)NC1C(=O)N2[C@@H](CC[C@@H]1CO)CC[C@H]2C(=O)NC(C(=O)NCCCCNc1c(NCCCCNC(=O)C(NC(=O)[C@@H]2CC[C@@H]3CC[C@H](CO)[C@H](NC(=O)[C@H](C)NC)C(=O)N32)(c2ccccc2)c2ccccc2)c(=O)c1=O)(c1ccccc1)c1ccccc1. The summed E-state index contributed by atoms with van der Waals surface area (Å²) >= 11 is 0. The first-order chi connectivity index (χ1) is 45.4. The maximum atomic E-state index is 15.0. The van der Waals surface area contributed by atoms with Gasteiger partial charge in [0, 0.05) is 63.3 Å². The molecule has 4 saturated heterocycles. The molecular formula is C70H90N12O12. The van der Waals surface area contributed by atoms with Crippen molar-refractivity contribution in [2.45, 2.75) is 150 Å². The molecule has 5 aromatic carbocycles. The molecule has 1 unspecified atom stereocenters. The Balaban J connectivity index is 0.805. The summed E-state index contributed by atoms with van der Waals surface area (Å²) in [6.45, 7) is 3.52. The number of aliphatic hydroxyl groups is 2. The molecule has 4 fully saturated rings. The van der Waals surface area contributed by atoms with Gasteiger partial charge in [-0.25, -0.2) is 0 Å². The van der Waals surface area contributed by atoms with Crippen molar-refractivity contribution < 1.29 is 48.6 Å². The highest BCUT2D eigenvalue weighted by molar-refractivity contribution is 6.01. The van der Waals surface area contributed by atoms with Crippen molar-refractivity contribution in [3.63, 3.8) is 0 Å². The van der Waals surface area contributed by atoms with Crippen LogP contribution in [0.15, 0.2) is 131 Å². The third-order valence-electron chi connectivity index (χ3n) is 19.5. The Labute approximate surface area is 547 Å². The van der Waals surface area contributed by atoms with Gasteiger partial charge in [0.2, 0.25) is 35.4 Å². The van der Waals surface area contributed by atoms with Gasteiger partial charge in [0.05, 0.1) is 12.1 Å². The van der Waals surface area contributed by atoms with E-state index in [-0.39, 0.29) is 62.9 Å². The van der Waals surface area contributed by atoms with Gasteiger partial charge in [0.1, 0.15) is 35.5 Å². The van der Waals surface area contributed by atoms with E-state index in [4.69, 9.17) is 0 Å². The molecule has 0 aromatic heterocycles. The number of aliphatic hydroxyl groups excluding tert-OH is 2. The highest BCUT2D eigenvalue weighted by Gasteiger charge is 2.53. The zero-order chi connectivity index (χ0) is 67.1. The van der Waals surface area contributed by atoms with Crippen LogP contribution in [0.25, 0.3) is 0 Å². The standard InChI is InChI=1S/C70H90N12O12/c1-43(71-3)61(87)77-55-45(41-83)29-31-51-33-35-53(81(51)65(55)91)63(89)79-69(47-21-9-5-10-22-47,48-23-11-6-12-24-48)67(93)75-39-19-17-37-73-57-58(60(86)59(57)85)74-38-18-20-40-76-68(94)70(49-25-13-7-14-26-49,50-27-15-8-16-28-50)80-64(90)54-36-34-52-32-30-46(42-84)56(66(92)82(52)54)78-62(88)44(2)72-4/h5-16,21-28,43-46,51-56,71-74,83-84H,17-20,29-42H2,1-4H3,(H,75,93)(H,76,94)(H,77,87)(H,78,88)(H,79,89)(H,80,90)/t43-,44-,45+,46+,51-,52-,53-,54-,55-,56?/m0/s1. The summed E-state index contributed by atoms with van der Waals surface area (Å²) in [4.78, 5) is 144. The molecule has 94 heavy (non-hydrogen) atoms. The highest BCUT2D eigenvalue weighted by Crippen LogP contribution is 2.39. The first kappa shape index (κ1) is 69.5. The van der Waals surface area contributed by atoms with E-state index in [0.717, 1.165) is 0 Å². The van der Waals surface area contributed by atoms with Gasteiger partial charge in [-0.1, -0.05) is 121 Å². The van der Waals surface area contributed by atoms with Gasteiger partial charge in [-0.3, -0.25) is 47.9 Å². The normalized spacial score (nSPS) is 21.9. The molecule has 4 aliphatic heterocycles. The zero-order valence-corrected chi connectivity index (χ0v) is 53.9. The van der Waals surface area contributed by atoms with Crippen molar-refractivity contribution in [3.05, 3.63) is 164 Å². The van der Waals surface area contributed by atoms with Crippen LogP contribution in [0.2, 0.25) is 0 Å². The van der Waals surface area contributed by atoms with Crippen molar-refractivity contribution in [3.8, 4) is 0 Å². The van der Waals surface area contributed by atoms with Crippen LogP contribution in [0.3, 0.4) is 0 Å². The Morgan fingerprint density at radius 3 is 1.07 bits per heavy atom. The molecule has 24 nitrogen and oxygen atoms in total. The monoisotopic (exact) mass is 1290 g/mol. The van der Waals surface area contributed by atoms with Gasteiger partial charge in [-0.05, 0) is 127 Å². The predicted molar refractivity (Wildman–Crippen MR) is 354 cm³/mol. The third kappa shape index (κ3) is 14.7. The largest absolute Gasteiger partial charge is 0.396 e. The number of carbonyl (C=O) groups is 8. The number of carbonyl (C=O) groups excluding carboxylic acids is 8. The first-order valence-corrected chi connectivity index (χ1v) is 33.0. The summed E-state index contributed by atoms with van der Waals surface area (Å²) in [5.41, 5.74) is -2.70. The van der Waals surface area contributed by atoms with Gasteiger partial charge in [-0.2, -0.15) is 0 Å². The average molecular weight is 1290 g/mol. The average Bonchev–Trinajstić information content (AvgIpc) is 1.05. The quantitative estimate of drug-likeness (QED) is 0.0230. The second-order valence-electron chi connectivity index (χ2n) is 25.1. The second kappa shape index (κ2) is 31.9. The van der Waals surface area contributed by atoms with Crippen LogP contribution >= 0.6 is 0 Å². The summed E-state index contributed by atoms with van der Waals surface area (Å²) in [6.07, 6.45) is 5.37. The summed E-state index contributed by atoms with van der Waals surface area (Å²) in [6, 6.07) is 29.4. The van der Waals surface area contributed by atoms with E-state index < -0.39 is 117 Å². The fourth-order valence-electron chi connectivity index (χ4n) is 13.8. The molecule has 0 bridgehead atoms. The Bertz CT molecular complexity index is 3210. The minimum atomic E-state index is -1.76. The lowest BCUT2D eigenvalue weighted by atomic mass is 9.81. The zero-order valence-electron chi connectivity index (χ0n) is 53.9. The summed E-state index contributed by atoms with van der Waals surface area (Å²) in [5, 5.41) is 50.7. The molecule has 24 heteroatoms. The predicted octanol–water partition coefficient (Wildman–Crippen LogP) is 1.73. The number of amides is 8. The smallest absolute Gasteiger partial charge is 0.255 e. The van der Waals surface area contributed by atoms with Gasteiger partial charge in [-0.15, -0.1) is 0 Å². The molecule has 4 aliphatic rings. The van der Waals surface area contributed by atoms with Crippen LogP contribution in [0.4, 0.5) is 11.4 Å². The van der Waals surface area contributed by atoms with Crippen LogP contribution in [-0.2, 0) is 49.4 Å². The van der Waals surface area contributed by atoms with E-state index in [1.807, 2.05) is 0 Å². The number of benzene rings is 4. The minimum absolute atomic E-state index is 0.140. The molecule has 4 heterocycles. The van der Waals surface area contributed by atoms with Crippen LogP contribution < -0.4 is 64.0 Å². The van der Waals surface area contributed by atoms with Crippen LogP contribution in [0.1, 0.15) is 113 Å². The van der Waals surface area contributed by atoms with E-state index in [1.165, 1.54) is 9.80 Å². The number of hydrogen-bond acceptors (Lipinski definition) is 16. The fraction of sp³-hybridized carbons (Fsp3) is 0.486. The van der Waals surface area contributed by atoms with Crippen LogP contribution in [0, 0.1) is 11.8 Å². The maximum Gasteiger partial charge on any atom is 0.255 e. The number of anilines is 2. The number of rotatable bonds is 30. The molecule has 5 aromatic rings. The van der Waals surface area contributed by atoms with Gasteiger partial charge < -0.3 is 73.2 Å². The number of unbranched alkanes of at least 4 members (excludes halogenated alkanes) is 2. The number of hydrogen-bond donors (Lipinski definition) is 12. The van der Waals surface area contributed by atoms with Crippen molar-refractivity contribution in [2.75, 3.05) is 64.1 Å². The van der Waals surface area contributed by atoms with Crippen LogP contribution in [0.5, 0.6) is 0 Å².